The van der Waals surface area contributed by atoms with Gasteiger partial charge in [-0.2, -0.15) is 0 Å². The largest absolute Gasteiger partial charge is 0.340 e. The Labute approximate surface area is 128 Å². The molecule has 1 saturated heterocycles. The molecule has 0 aromatic heterocycles. The van der Waals surface area contributed by atoms with Crippen LogP contribution in [0.5, 0.6) is 0 Å². The van der Waals surface area contributed by atoms with Gasteiger partial charge >= 0.3 is 0 Å². The van der Waals surface area contributed by atoms with Crippen LogP contribution in [0.1, 0.15) is 19.3 Å². The molecule has 1 aliphatic heterocycles. The number of nitrogens with two attached hydrogens (primary N) is 1. The summed E-state index contributed by atoms with van der Waals surface area (Å²) in [6, 6.07) is 0.128. The van der Waals surface area contributed by atoms with Gasteiger partial charge in [-0.25, -0.2) is 0 Å². The molecule has 4 unspecified atom stereocenters. The summed E-state index contributed by atoms with van der Waals surface area (Å²) in [5.41, 5.74) is 6.32. The Kier molecular flexibility index (Phi) is 4.52. The molecular weight excluding hydrogens is 264 g/mol. The summed E-state index contributed by atoms with van der Waals surface area (Å²) in [4.78, 5) is 19.6. The maximum atomic E-state index is 12.8. The molecule has 3 aliphatic rings. The lowest BCUT2D eigenvalue weighted by Crippen LogP contribution is -2.54. The predicted molar refractivity (Wildman–Crippen MR) is 83.9 cm³/mol. The third-order valence-electron chi connectivity index (χ3n) is 5.81. The summed E-state index contributed by atoms with van der Waals surface area (Å²) >= 11 is 0. The highest BCUT2D eigenvalue weighted by molar-refractivity contribution is 5.80. The molecule has 0 spiro atoms. The summed E-state index contributed by atoms with van der Waals surface area (Å²) in [7, 11) is 4.21. The van der Waals surface area contributed by atoms with Crippen molar-refractivity contribution in [3.8, 4) is 0 Å². The van der Waals surface area contributed by atoms with Crippen molar-refractivity contribution in [2.75, 3.05) is 53.4 Å². The van der Waals surface area contributed by atoms with Crippen molar-refractivity contribution in [3.05, 3.63) is 0 Å². The number of piperazine rings is 1. The summed E-state index contributed by atoms with van der Waals surface area (Å²) in [5, 5.41) is 0. The highest BCUT2D eigenvalue weighted by Gasteiger charge is 2.50. The SMILES string of the molecule is CN(C)CCN1CCN(C(=O)C2C3CCC(C3)C2N)CC1. The second kappa shape index (κ2) is 6.23. The van der Waals surface area contributed by atoms with Crippen molar-refractivity contribution in [1.29, 1.82) is 0 Å². The third-order valence-corrected chi connectivity index (χ3v) is 5.81. The minimum atomic E-state index is 0.122. The van der Waals surface area contributed by atoms with E-state index in [9.17, 15) is 4.79 Å². The van der Waals surface area contributed by atoms with Crippen LogP contribution in [0.3, 0.4) is 0 Å². The van der Waals surface area contributed by atoms with E-state index in [1.54, 1.807) is 0 Å². The zero-order chi connectivity index (χ0) is 15.0. The summed E-state index contributed by atoms with van der Waals surface area (Å²) in [6.07, 6.45) is 3.66. The second-order valence-corrected chi connectivity index (χ2v) is 7.41. The van der Waals surface area contributed by atoms with E-state index in [-0.39, 0.29) is 12.0 Å². The van der Waals surface area contributed by atoms with Crippen LogP contribution in [0.15, 0.2) is 0 Å². The first-order chi connectivity index (χ1) is 10.1. The quantitative estimate of drug-likeness (QED) is 0.797. The Hall–Kier alpha value is -0.650. The standard InChI is InChI=1S/C16H30N4O/c1-18(2)5-6-19-7-9-20(10-8-19)16(21)14-12-3-4-13(11-12)15(14)17/h12-15H,3-11,17H2,1-2H3. The van der Waals surface area contributed by atoms with Crippen molar-refractivity contribution in [1.82, 2.24) is 14.7 Å². The molecule has 5 heteroatoms. The number of amides is 1. The molecule has 2 bridgehead atoms. The summed E-state index contributed by atoms with van der Waals surface area (Å²) in [5.74, 6) is 1.66. The van der Waals surface area contributed by atoms with E-state index in [4.69, 9.17) is 5.73 Å². The van der Waals surface area contributed by atoms with Gasteiger partial charge in [0.25, 0.3) is 0 Å². The van der Waals surface area contributed by atoms with E-state index in [0.717, 1.165) is 39.3 Å². The van der Waals surface area contributed by atoms with Crippen LogP contribution in [0, 0.1) is 17.8 Å². The molecule has 21 heavy (non-hydrogen) atoms. The topological polar surface area (TPSA) is 52.8 Å². The first-order valence-corrected chi connectivity index (χ1v) is 8.47. The van der Waals surface area contributed by atoms with Crippen LogP contribution in [-0.2, 0) is 4.79 Å². The zero-order valence-corrected chi connectivity index (χ0v) is 13.5. The Bertz CT molecular complexity index is 376. The third kappa shape index (κ3) is 3.10. The van der Waals surface area contributed by atoms with E-state index < -0.39 is 0 Å². The maximum absolute atomic E-state index is 12.8. The van der Waals surface area contributed by atoms with E-state index in [2.05, 4.69) is 28.8 Å². The number of hydrogen-bond donors (Lipinski definition) is 1. The van der Waals surface area contributed by atoms with Gasteiger partial charge in [-0.15, -0.1) is 0 Å². The normalized spacial score (nSPS) is 36.7. The first-order valence-electron chi connectivity index (χ1n) is 8.47. The fourth-order valence-corrected chi connectivity index (χ4v) is 4.45. The number of hydrogen-bond acceptors (Lipinski definition) is 4. The molecule has 4 atom stereocenters. The molecule has 0 aromatic carbocycles. The van der Waals surface area contributed by atoms with E-state index in [0.29, 0.717) is 17.7 Å². The van der Waals surface area contributed by atoms with Crippen LogP contribution in [-0.4, -0.2) is 80.0 Å². The van der Waals surface area contributed by atoms with Gasteiger partial charge in [-0.05, 0) is 45.2 Å². The van der Waals surface area contributed by atoms with Crippen molar-refractivity contribution in [3.63, 3.8) is 0 Å². The first kappa shape index (κ1) is 15.3. The van der Waals surface area contributed by atoms with Crippen LogP contribution < -0.4 is 5.73 Å². The molecule has 120 valence electrons. The van der Waals surface area contributed by atoms with Gasteiger partial charge in [-0.3, -0.25) is 9.69 Å². The van der Waals surface area contributed by atoms with Crippen LogP contribution in [0.2, 0.25) is 0 Å². The van der Waals surface area contributed by atoms with Gasteiger partial charge in [0.05, 0.1) is 5.92 Å². The maximum Gasteiger partial charge on any atom is 0.227 e. The minimum Gasteiger partial charge on any atom is -0.340 e. The van der Waals surface area contributed by atoms with Crippen molar-refractivity contribution >= 4 is 5.91 Å². The molecule has 0 aromatic rings. The van der Waals surface area contributed by atoms with E-state index in [1.807, 2.05) is 0 Å². The van der Waals surface area contributed by atoms with Crippen molar-refractivity contribution in [2.45, 2.75) is 25.3 Å². The predicted octanol–water partition coefficient (Wildman–Crippen LogP) is 0.0656. The molecule has 1 heterocycles. The molecular formula is C16H30N4O. The Morgan fingerprint density at radius 3 is 2.38 bits per heavy atom. The molecule has 2 N–H and O–H groups in total. The fraction of sp³-hybridized carbons (Fsp3) is 0.938. The number of rotatable bonds is 4. The average Bonchev–Trinajstić information content (AvgIpc) is 3.06. The molecule has 3 rings (SSSR count). The lowest BCUT2D eigenvalue weighted by atomic mass is 9.84. The van der Waals surface area contributed by atoms with Gasteiger partial charge in [0, 0.05) is 45.3 Å². The molecule has 3 fully saturated rings. The Morgan fingerprint density at radius 2 is 1.81 bits per heavy atom. The molecule has 5 nitrogen and oxygen atoms in total. The van der Waals surface area contributed by atoms with E-state index >= 15 is 0 Å². The van der Waals surface area contributed by atoms with Crippen LogP contribution >= 0.6 is 0 Å². The van der Waals surface area contributed by atoms with Crippen molar-refractivity contribution < 1.29 is 4.79 Å². The lowest BCUT2D eigenvalue weighted by Gasteiger charge is -2.38. The van der Waals surface area contributed by atoms with E-state index in [1.165, 1.54) is 19.3 Å². The minimum absolute atomic E-state index is 0.122. The highest BCUT2D eigenvalue weighted by Crippen LogP contribution is 2.48. The molecule has 2 aliphatic carbocycles. The number of carbonyl (C=O) groups is 1. The van der Waals surface area contributed by atoms with Crippen molar-refractivity contribution in [2.24, 2.45) is 23.5 Å². The van der Waals surface area contributed by atoms with Gasteiger partial charge in [0.15, 0.2) is 0 Å². The number of likely N-dealkylation sites (N-methyl/N-ethyl adjacent to an activating group) is 1. The fourth-order valence-electron chi connectivity index (χ4n) is 4.45. The Balaban J connectivity index is 1.49. The molecule has 1 amide bonds. The van der Waals surface area contributed by atoms with Crippen LogP contribution in [0.25, 0.3) is 0 Å². The lowest BCUT2D eigenvalue weighted by molar-refractivity contribution is -0.139. The van der Waals surface area contributed by atoms with Gasteiger partial charge in [0.1, 0.15) is 0 Å². The van der Waals surface area contributed by atoms with Gasteiger partial charge in [-0.1, -0.05) is 0 Å². The number of fused-ring (bicyclic) bond motifs is 2. The molecule has 0 radical (unpaired) electrons. The summed E-state index contributed by atoms with van der Waals surface area (Å²) < 4.78 is 0. The monoisotopic (exact) mass is 294 g/mol. The zero-order valence-electron chi connectivity index (χ0n) is 13.5. The second-order valence-electron chi connectivity index (χ2n) is 7.41. The Morgan fingerprint density at radius 1 is 1.14 bits per heavy atom. The van der Waals surface area contributed by atoms with Crippen LogP contribution in [0.4, 0.5) is 0 Å². The smallest absolute Gasteiger partial charge is 0.227 e. The number of carbonyl (C=O) groups excluding carboxylic acids is 1. The van der Waals surface area contributed by atoms with Gasteiger partial charge in [0.2, 0.25) is 5.91 Å². The summed E-state index contributed by atoms with van der Waals surface area (Å²) in [6.45, 7) is 5.97. The highest BCUT2D eigenvalue weighted by atomic mass is 16.2. The number of nitrogens with zero attached hydrogens (tertiary/aromatic N) is 3. The average molecular weight is 294 g/mol. The molecule has 2 saturated carbocycles. The van der Waals surface area contributed by atoms with Gasteiger partial charge < -0.3 is 15.5 Å².